The number of hydrazine groups is 1. The minimum atomic E-state index is -0.130. The second-order valence-electron chi connectivity index (χ2n) is 12.6. The maximum absolute atomic E-state index is 12.8. The fourth-order valence-electron chi connectivity index (χ4n) is 7.13. The summed E-state index contributed by atoms with van der Waals surface area (Å²) in [5.41, 5.74) is 3.43. The summed E-state index contributed by atoms with van der Waals surface area (Å²) in [6.07, 6.45) is 6.84. The molecule has 0 radical (unpaired) electrons. The number of piperidine rings is 1. The van der Waals surface area contributed by atoms with Gasteiger partial charge in [0.25, 0.3) is 0 Å². The van der Waals surface area contributed by atoms with Gasteiger partial charge in [-0.2, -0.15) is 5.26 Å². The van der Waals surface area contributed by atoms with Crippen molar-refractivity contribution >= 4 is 17.5 Å². The first-order valence-corrected chi connectivity index (χ1v) is 15.9. The predicted octanol–water partition coefficient (Wildman–Crippen LogP) is 1.45. The van der Waals surface area contributed by atoms with Gasteiger partial charge in [0.05, 0.1) is 42.2 Å². The van der Waals surface area contributed by atoms with Crippen LogP contribution < -0.4 is 21.4 Å². The first-order chi connectivity index (χ1) is 19.3. The number of rotatable bonds is 12. The van der Waals surface area contributed by atoms with Crippen molar-refractivity contribution < 1.29 is 14.3 Å². The number of hydrogen-bond donors (Lipinski definition) is 4. The molecule has 228 valence electrons. The third-order valence-electron chi connectivity index (χ3n) is 9.24. The monoisotopic (exact) mass is 581 g/mol. The molecule has 4 aliphatic rings. The standard InChI is InChI=1S/C29H52ClN7O3/c1-5-39-27-15-24-22(14-25(27)34-28(38)7-6-11-36(2)3)29(19(16-31)17-32-24)33-20-8-9-26(23(30)13-20)40-18-21-10-12-37(4)35-21/h19-27,29,32-33,35H,5-15,17-18H2,1-4H3,(H,34,38). The van der Waals surface area contributed by atoms with Gasteiger partial charge in [0.15, 0.2) is 0 Å². The Morgan fingerprint density at radius 2 is 2.00 bits per heavy atom. The summed E-state index contributed by atoms with van der Waals surface area (Å²) in [6, 6.07) is 3.43. The third-order valence-corrected chi connectivity index (χ3v) is 9.70. The molecule has 2 heterocycles. The van der Waals surface area contributed by atoms with Crippen molar-refractivity contribution in [1.82, 2.24) is 31.3 Å². The number of amides is 1. The second-order valence-corrected chi connectivity index (χ2v) is 13.1. The lowest BCUT2D eigenvalue weighted by molar-refractivity contribution is -0.124. The van der Waals surface area contributed by atoms with Crippen molar-refractivity contribution in [2.45, 2.75) is 106 Å². The topological polar surface area (TPSA) is 114 Å². The molecule has 0 aromatic heterocycles. The molecular formula is C29H52ClN7O3. The number of ether oxygens (including phenoxy) is 2. The number of carbonyl (C=O) groups excluding carboxylic acids is 1. The second kappa shape index (κ2) is 15.4. The molecule has 10 unspecified atom stereocenters. The van der Waals surface area contributed by atoms with Crippen molar-refractivity contribution in [3.05, 3.63) is 0 Å². The molecular weight excluding hydrogens is 530 g/mol. The van der Waals surface area contributed by atoms with Gasteiger partial charge in [-0.15, -0.1) is 11.6 Å². The molecule has 10 atom stereocenters. The van der Waals surface area contributed by atoms with Crippen LogP contribution in [0.15, 0.2) is 0 Å². The Labute approximate surface area is 246 Å². The number of halogens is 1. The van der Waals surface area contributed by atoms with Gasteiger partial charge in [0.1, 0.15) is 0 Å². The minimum Gasteiger partial charge on any atom is -0.376 e. The summed E-state index contributed by atoms with van der Waals surface area (Å²) >= 11 is 6.87. The highest BCUT2D eigenvalue weighted by molar-refractivity contribution is 6.21. The van der Waals surface area contributed by atoms with Gasteiger partial charge in [-0.05, 0) is 78.4 Å². The highest BCUT2D eigenvalue weighted by Gasteiger charge is 2.47. The molecule has 2 aliphatic carbocycles. The van der Waals surface area contributed by atoms with E-state index in [4.69, 9.17) is 21.1 Å². The lowest BCUT2D eigenvalue weighted by Gasteiger charge is -2.50. The summed E-state index contributed by atoms with van der Waals surface area (Å²) < 4.78 is 12.4. The van der Waals surface area contributed by atoms with Gasteiger partial charge in [-0.25, -0.2) is 5.01 Å². The van der Waals surface area contributed by atoms with E-state index in [1.165, 1.54) is 0 Å². The van der Waals surface area contributed by atoms with E-state index < -0.39 is 0 Å². The van der Waals surface area contributed by atoms with E-state index >= 15 is 0 Å². The quantitative estimate of drug-likeness (QED) is 0.254. The maximum Gasteiger partial charge on any atom is 0.220 e. The van der Waals surface area contributed by atoms with Gasteiger partial charge in [0.2, 0.25) is 5.91 Å². The summed E-state index contributed by atoms with van der Waals surface area (Å²) in [5, 5.41) is 23.0. The Bertz CT molecular complexity index is 845. The smallest absolute Gasteiger partial charge is 0.220 e. The fourth-order valence-corrected chi connectivity index (χ4v) is 7.55. The Morgan fingerprint density at radius 3 is 2.67 bits per heavy atom. The molecule has 1 amide bonds. The first kappa shape index (κ1) is 31.9. The minimum absolute atomic E-state index is 0.0233. The van der Waals surface area contributed by atoms with Gasteiger partial charge in [-0.1, -0.05) is 0 Å². The van der Waals surface area contributed by atoms with E-state index in [0.717, 1.165) is 58.0 Å². The zero-order valence-corrected chi connectivity index (χ0v) is 25.7. The summed E-state index contributed by atoms with van der Waals surface area (Å²) in [4.78, 5) is 14.9. The highest BCUT2D eigenvalue weighted by atomic mass is 35.5. The van der Waals surface area contributed by atoms with E-state index in [1.54, 1.807) is 0 Å². The van der Waals surface area contributed by atoms with Crippen LogP contribution in [-0.2, 0) is 14.3 Å². The van der Waals surface area contributed by atoms with Crippen LogP contribution in [0.3, 0.4) is 0 Å². The molecule has 2 saturated heterocycles. The molecule has 40 heavy (non-hydrogen) atoms. The predicted molar refractivity (Wildman–Crippen MR) is 157 cm³/mol. The molecule has 4 N–H and O–H groups in total. The van der Waals surface area contributed by atoms with Gasteiger partial charge >= 0.3 is 0 Å². The van der Waals surface area contributed by atoms with E-state index in [1.807, 2.05) is 21.0 Å². The number of carbonyl (C=O) groups is 1. The number of nitriles is 1. The van der Waals surface area contributed by atoms with Crippen LogP contribution in [0.25, 0.3) is 0 Å². The normalized spacial score (nSPS) is 38.6. The molecule has 4 rings (SSSR count). The summed E-state index contributed by atoms with van der Waals surface area (Å²) in [7, 11) is 6.11. The fraction of sp³-hybridized carbons (Fsp3) is 0.931. The van der Waals surface area contributed by atoms with Crippen molar-refractivity contribution in [3.63, 3.8) is 0 Å². The zero-order valence-electron chi connectivity index (χ0n) is 24.9. The Morgan fingerprint density at radius 1 is 1.18 bits per heavy atom. The van der Waals surface area contributed by atoms with Crippen molar-refractivity contribution in [2.24, 2.45) is 11.8 Å². The SMILES string of the molecule is CCOC1CC2NCC(C#N)C(NC3CCC(OCC4CCN(C)N4)C(Cl)C3)C2CC1NC(=O)CCCN(C)C. The van der Waals surface area contributed by atoms with Crippen molar-refractivity contribution in [3.8, 4) is 6.07 Å². The summed E-state index contributed by atoms with van der Waals surface area (Å²) in [5.74, 6) is 0.188. The van der Waals surface area contributed by atoms with E-state index in [2.05, 4.69) is 44.4 Å². The van der Waals surface area contributed by atoms with Crippen molar-refractivity contribution in [1.29, 1.82) is 5.26 Å². The number of alkyl halides is 1. The molecule has 10 nitrogen and oxygen atoms in total. The molecule has 0 aromatic carbocycles. The van der Waals surface area contributed by atoms with Crippen LogP contribution in [0.5, 0.6) is 0 Å². The van der Waals surface area contributed by atoms with Crippen molar-refractivity contribution in [2.75, 3.05) is 54.0 Å². The molecule has 0 bridgehead atoms. The van der Waals surface area contributed by atoms with E-state index in [-0.39, 0.29) is 59.5 Å². The Kier molecular flexibility index (Phi) is 12.3. The lowest BCUT2D eigenvalue weighted by atomic mass is 9.69. The molecule has 2 aliphatic heterocycles. The molecule has 2 saturated carbocycles. The van der Waals surface area contributed by atoms with Gasteiger partial charge < -0.3 is 30.3 Å². The average molecular weight is 582 g/mol. The maximum atomic E-state index is 12.8. The molecule has 11 heteroatoms. The number of nitrogens with one attached hydrogen (secondary N) is 4. The third kappa shape index (κ3) is 8.74. The largest absolute Gasteiger partial charge is 0.376 e. The molecule has 0 aromatic rings. The van der Waals surface area contributed by atoms with Crippen LogP contribution in [-0.4, -0.2) is 118 Å². The Balaban J connectivity index is 1.34. The van der Waals surface area contributed by atoms with Crippen LogP contribution in [0.1, 0.15) is 58.3 Å². The van der Waals surface area contributed by atoms with E-state index in [9.17, 15) is 10.1 Å². The van der Waals surface area contributed by atoms with Gasteiger partial charge in [0, 0.05) is 57.3 Å². The first-order valence-electron chi connectivity index (χ1n) is 15.4. The van der Waals surface area contributed by atoms with Crippen LogP contribution in [0.4, 0.5) is 0 Å². The van der Waals surface area contributed by atoms with Crippen LogP contribution in [0.2, 0.25) is 0 Å². The zero-order chi connectivity index (χ0) is 28.6. The van der Waals surface area contributed by atoms with Gasteiger partial charge in [-0.3, -0.25) is 10.2 Å². The average Bonchev–Trinajstić information content (AvgIpc) is 3.33. The molecule has 0 spiro atoms. The van der Waals surface area contributed by atoms with Crippen LogP contribution in [0, 0.1) is 23.2 Å². The number of fused-ring (bicyclic) bond motifs is 1. The molecule has 4 fully saturated rings. The van der Waals surface area contributed by atoms with E-state index in [0.29, 0.717) is 32.2 Å². The highest BCUT2D eigenvalue weighted by Crippen LogP contribution is 2.36. The summed E-state index contributed by atoms with van der Waals surface area (Å²) in [6.45, 7) is 5.92. The number of nitrogens with zero attached hydrogens (tertiary/aromatic N) is 3. The Hall–Kier alpha value is -1.03. The lowest BCUT2D eigenvalue weighted by Crippen LogP contribution is -2.66. The van der Waals surface area contributed by atoms with Crippen LogP contribution >= 0.6 is 11.6 Å². The number of hydrogen-bond acceptors (Lipinski definition) is 9.